The Morgan fingerprint density at radius 1 is 0.867 bits per heavy atom. The zero-order valence-electron chi connectivity index (χ0n) is 15.3. The topological polar surface area (TPSA) is 116 Å². The molecule has 9 heteroatoms. The monoisotopic (exact) mass is 432 g/mol. The van der Waals surface area contributed by atoms with Crippen LogP contribution in [-0.4, -0.2) is 49.5 Å². The average Bonchev–Trinajstić information content (AvgIpc) is 2.69. The van der Waals surface area contributed by atoms with E-state index in [0.717, 1.165) is 5.56 Å². The van der Waals surface area contributed by atoms with Crippen LogP contribution in [0.1, 0.15) is 37.4 Å². The number of ketones is 2. The molecule has 0 radical (unpaired) electrons. The molecule has 4 rings (SSSR count). The number of nitrogens with one attached hydrogen (secondary N) is 1. The molecule has 0 saturated heterocycles. The van der Waals surface area contributed by atoms with Crippen molar-refractivity contribution in [2.24, 2.45) is 0 Å². The van der Waals surface area contributed by atoms with Crippen LogP contribution in [0.4, 0.5) is 17.1 Å². The number of hydrogen-bond acceptors (Lipinski definition) is 7. The van der Waals surface area contributed by atoms with E-state index in [-0.39, 0.29) is 74.7 Å². The second-order valence-electron chi connectivity index (χ2n) is 6.54. The van der Waals surface area contributed by atoms with Crippen molar-refractivity contribution in [3.05, 3.63) is 82.4 Å². The van der Waals surface area contributed by atoms with Crippen LogP contribution in [0.2, 0.25) is 0 Å². The molecule has 3 N–H and O–H groups in total. The van der Waals surface area contributed by atoms with Crippen LogP contribution in [-0.2, 0) is 11.0 Å². The molecule has 3 aromatic rings. The Bertz CT molecular complexity index is 1260. The number of nitrogen functional groups attached to an aromatic ring is 1. The van der Waals surface area contributed by atoms with Crippen molar-refractivity contribution in [3.63, 3.8) is 0 Å². The molecule has 0 atom stereocenters. The third-order valence-electron chi connectivity index (χ3n) is 4.79. The van der Waals surface area contributed by atoms with E-state index in [9.17, 15) is 18.0 Å². The summed E-state index contributed by atoms with van der Waals surface area (Å²) in [5, 5.41) is 3.12. The van der Waals surface area contributed by atoms with Crippen LogP contribution in [0, 0.1) is 6.92 Å². The summed E-state index contributed by atoms with van der Waals surface area (Å²) in [6.07, 6.45) is 0. The summed E-state index contributed by atoms with van der Waals surface area (Å²) in [6.45, 7) is 1.88. The number of hydrogen-bond donors (Lipinski definition) is 3. The fraction of sp³-hybridized carbons (Fsp3) is 0.0476. The fourth-order valence-electron chi connectivity index (χ4n) is 3.41. The first kappa shape index (κ1) is 22.0. The van der Waals surface area contributed by atoms with E-state index in [2.05, 4.69) is 5.32 Å². The quantitative estimate of drug-likeness (QED) is 0.258. The summed E-state index contributed by atoms with van der Waals surface area (Å²) < 4.78 is 27.1. The number of benzene rings is 3. The molecule has 1 aliphatic carbocycles. The summed E-state index contributed by atoms with van der Waals surface area (Å²) in [6, 6.07) is 15.1. The van der Waals surface area contributed by atoms with Crippen molar-refractivity contribution in [3.8, 4) is 5.75 Å². The SMILES string of the molecule is Cc1ccccc1Nc1cc(O[SH](=O)=O)c(N)c2c1C(=O)c1ccccc1C2=O.[NaH]. The van der Waals surface area contributed by atoms with Gasteiger partial charge in [-0.3, -0.25) is 9.59 Å². The van der Waals surface area contributed by atoms with Gasteiger partial charge in [-0.05, 0) is 18.6 Å². The maximum absolute atomic E-state index is 13.2. The molecule has 7 nitrogen and oxygen atoms in total. The van der Waals surface area contributed by atoms with Crippen molar-refractivity contribution in [2.75, 3.05) is 11.1 Å². The number of fused-ring (bicyclic) bond motifs is 2. The van der Waals surface area contributed by atoms with Crippen molar-refractivity contribution >= 4 is 69.2 Å². The molecule has 1 aliphatic rings. The fourth-order valence-corrected chi connectivity index (χ4v) is 3.72. The minimum atomic E-state index is -3.27. The minimum absolute atomic E-state index is 0. The zero-order chi connectivity index (χ0) is 20.7. The number of carbonyl (C=O) groups is 2. The number of nitrogens with two attached hydrogens (primary N) is 1. The second kappa shape index (κ2) is 8.61. The Hall–Kier alpha value is -2.65. The van der Waals surface area contributed by atoms with Crippen molar-refractivity contribution in [2.45, 2.75) is 6.92 Å². The Morgan fingerprint density at radius 2 is 1.43 bits per heavy atom. The average molecular weight is 432 g/mol. The third kappa shape index (κ3) is 3.75. The molecule has 0 saturated carbocycles. The van der Waals surface area contributed by atoms with Gasteiger partial charge in [0.2, 0.25) is 0 Å². The molecule has 3 aromatic carbocycles. The first-order chi connectivity index (χ1) is 13.9. The molecule has 30 heavy (non-hydrogen) atoms. The van der Waals surface area contributed by atoms with E-state index in [0.29, 0.717) is 5.69 Å². The van der Waals surface area contributed by atoms with E-state index in [1.165, 1.54) is 12.1 Å². The van der Waals surface area contributed by atoms with Crippen molar-refractivity contribution < 1.29 is 22.2 Å². The molecule has 0 amide bonds. The van der Waals surface area contributed by atoms with E-state index in [4.69, 9.17) is 9.92 Å². The van der Waals surface area contributed by atoms with Crippen molar-refractivity contribution in [1.82, 2.24) is 0 Å². The summed E-state index contributed by atoms with van der Waals surface area (Å²) in [5.41, 5.74) is 8.18. The Kier molecular flexibility index (Phi) is 6.33. The van der Waals surface area contributed by atoms with Gasteiger partial charge in [0.05, 0.1) is 22.5 Å². The van der Waals surface area contributed by atoms with Crippen LogP contribution in [0.5, 0.6) is 5.75 Å². The van der Waals surface area contributed by atoms with Crippen LogP contribution < -0.4 is 15.2 Å². The van der Waals surface area contributed by atoms with E-state index in [1.807, 2.05) is 25.1 Å². The summed E-state index contributed by atoms with van der Waals surface area (Å²) in [5.74, 6) is -1.06. The summed E-state index contributed by atoms with van der Waals surface area (Å²) >= 11 is 0. The van der Waals surface area contributed by atoms with Gasteiger partial charge in [0, 0.05) is 22.9 Å². The van der Waals surface area contributed by atoms with Gasteiger partial charge < -0.3 is 15.2 Å². The van der Waals surface area contributed by atoms with Crippen LogP contribution in [0.3, 0.4) is 0 Å². The van der Waals surface area contributed by atoms with Crippen molar-refractivity contribution in [1.29, 1.82) is 0 Å². The van der Waals surface area contributed by atoms with Gasteiger partial charge >= 0.3 is 29.6 Å². The van der Waals surface area contributed by atoms with Crippen LogP contribution in [0.25, 0.3) is 0 Å². The molecule has 0 unspecified atom stereocenters. The van der Waals surface area contributed by atoms with E-state index < -0.39 is 16.8 Å². The number of rotatable bonds is 4. The predicted molar refractivity (Wildman–Crippen MR) is 117 cm³/mol. The zero-order valence-corrected chi connectivity index (χ0v) is 16.2. The van der Waals surface area contributed by atoms with Gasteiger partial charge in [-0.15, -0.1) is 0 Å². The molecule has 0 spiro atoms. The number of anilines is 3. The third-order valence-corrected chi connectivity index (χ3v) is 5.13. The van der Waals surface area contributed by atoms with Gasteiger partial charge in [-0.1, -0.05) is 42.5 Å². The predicted octanol–water partition coefficient (Wildman–Crippen LogP) is 2.35. The molecular formula is C21H17N2NaO5S. The Balaban J connectivity index is 0.00000256. The maximum atomic E-state index is 13.2. The number of thiol groups is 1. The molecule has 148 valence electrons. The van der Waals surface area contributed by atoms with Crippen LogP contribution in [0.15, 0.2) is 54.6 Å². The van der Waals surface area contributed by atoms with E-state index in [1.54, 1.807) is 24.3 Å². The number of aryl methyl sites for hydroxylation is 1. The molecule has 0 bridgehead atoms. The van der Waals surface area contributed by atoms with Gasteiger partial charge in [0.1, 0.15) is 0 Å². The standard InChI is InChI=1S/C21H16N2O5S.Na.H/c1-11-6-2-5-9-14(11)23-15-10-16(28-29(26)27)19(22)18-17(15)20(24)12-7-3-4-8-13(12)21(18)25;;/h2-10,23,29H,22H2,1H3;;. The molecule has 0 heterocycles. The second-order valence-corrected chi connectivity index (χ2v) is 7.17. The Morgan fingerprint density at radius 3 is 2.03 bits per heavy atom. The summed E-state index contributed by atoms with van der Waals surface area (Å²) in [4.78, 5) is 26.3. The molecule has 0 aliphatic heterocycles. The number of carbonyl (C=O) groups excluding carboxylic acids is 2. The van der Waals surface area contributed by atoms with Gasteiger partial charge in [0.25, 0.3) is 11.0 Å². The van der Waals surface area contributed by atoms with Gasteiger partial charge in [-0.25, -0.2) is 0 Å². The summed E-state index contributed by atoms with van der Waals surface area (Å²) in [7, 11) is -3.27. The molecular weight excluding hydrogens is 415 g/mol. The normalized spacial score (nSPS) is 12.1. The first-order valence-electron chi connectivity index (χ1n) is 8.68. The van der Waals surface area contributed by atoms with Gasteiger partial charge in [0.15, 0.2) is 17.3 Å². The number of para-hydroxylation sites is 1. The first-order valence-corrected chi connectivity index (χ1v) is 9.78. The van der Waals surface area contributed by atoms with E-state index >= 15 is 0 Å². The molecule has 0 fully saturated rings. The molecule has 0 aromatic heterocycles. The van der Waals surface area contributed by atoms with Gasteiger partial charge in [-0.2, -0.15) is 8.42 Å². The van der Waals surface area contributed by atoms with Crippen LogP contribution >= 0.6 is 0 Å². The Labute approximate surface area is 196 Å².